The number of carboxylic acids is 1. The first kappa shape index (κ1) is 10.9. The highest BCUT2D eigenvalue weighted by Gasteiger charge is 2.36. The molecule has 2 rings (SSSR count). The summed E-state index contributed by atoms with van der Waals surface area (Å²) in [5, 5.41) is 18.3. The van der Waals surface area contributed by atoms with Crippen molar-refractivity contribution >= 4 is 5.97 Å². The Kier molecular flexibility index (Phi) is 3.26. The van der Waals surface area contributed by atoms with Crippen LogP contribution in [0.2, 0.25) is 0 Å². The standard InChI is InChI=1S/C11H19NO3/c13-9-4-5-12(7-9)10-3-1-2-8(10)6-11(14)15/h8-10,13H,1-7H2,(H,14,15). The van der Waals surface area contributed by atoms with E-state index in [0.29, 0.717) is 12.0 Å². The van der Waals surface area contributed by atoms with Crippen LogP contribution in [0.5, 0.6) is 0 Å². The number of hydrogen-bond donors (Lipinski definition) is 2. The largest absolute Gasteiger partial charge is 0.481 e. The summed E-state index contributed by atoms with van der Waals surface area (Å²) in [6, 6.07) is 0.401. The Morgan fingerprint density at radius 3 is 2.73 bits per heavy atom. The average Bonchev–Trinajstić information content (AvgIpc) is 2.72. The van der Waals surface area contributed by atoms with Gasteiger partial charge < -0.3 is 10.2 Å². The zero-order valence-corrected chi connectivity index (χ0v) is 8.93. The van der Waals surface area contributed by atoms with Crippen LogP contribution in [0.3, 0.4) is 0 Å². The molecular formula is C11H19NO3. The van der Waals surface area contributed by atoms with Crippen molar-refractivity contribution in [2.45, 2.75) is 44.2 Å². The van der Waals surface area contributed by atoms with E-state index < -0.39 is 5.97 Å². The summed E-state index contributed by atoms with van der Waals surface area (Å²) in [5.41, 5.74) is 0. The smallest absolute Gasteiger partial charge is 0.303 e. The molecule has 1 heterocycles. The summed E-state index contributed by atoms with van der Waals surface area (Å²) in [5.74, 6) is -0.389. The van der Waals surface area contributed by atoms with Crippen LogP contribution in [0.25, 0.3) is 0 Å². The molecule has 2 aliphatic rings. The SMILES string of the molecule is O=C(O)CC1CCCC1N1CCC(O)C1. The second kappa shape index (κ2) is 4.49. The van der Waals surface area contributed by atoms with Crippen molar-refractivity contribution in [1.82, 2.24) is 4.90 Å². The second-order valence-electron chi connectivity index (χ2n) is 4.79. The minimum absolute atomic E-state index is 0.198. The molecule has 1 saturated carbocycles. The van der Waals surface area contributed by atoms with E-state index in [2.05, 4.69) is 4.90 Å². The molecule has 3 unspecified atom stereocenters. The Morgan fingerprint density at radius 1 is 1.33 bits per heavy atom. The molecule has 1 aliphatic carbocycles. The lowest BCUT2D eigenvalue weighted by molar-refractivity contribution is -0.138. The van der Waals surface area contributed by atoms with Gasteiger partial charge in [0, 0.05) is 25.6 Å². The molecule has 4 heteroatoms. The van der Waals surface area contributed by atoms with Crippen molar-refractivity contribution in [3.63, 3.8) is 0 Å². The normalized spacial score (nSPS) is 37.3. The van der Waals surface area contributed by atoms with Crippen molar-refractivity contribution in [2.75, 3.05) is 13.1 Å². The first-order valence-corrected chi connectivity index (χ1v) is 5.80. The maximum Gasteiger partial charge on any atom is 0.303 e. The molecule has 15 heavy (non-hydrogen) atoms. The number of β-amino-alcohol motifs (C(OH)–C–C–N with tert-alkyl or cyclic N) is 1. The molecule has 4 nitrogen and oxygen atoms in total. The van der Waals surface area contributed by atoms with E-state index in [1.807, 2.05) is 0 Å². The fourth-order valence-electron chi connectivity index (χ4n) is 3.03. The van der Waals surface area contributed by atoms with Crippen LogP contribution in [0.4, 0.5) is 0 Å². The lowest BCUT2D eigenvalue weighted by Gasteiger charge is -2.28. The zero-order chi connectivity index (χ0) is 10.8. The molecule has 0 spiro atoms. The fraction of sp³-hybridized carbons (Fsp3) is 0.909. The summed E-state index contributed by atoms with van der Waals surface area (Å²) in [6.45, 7) is 1.67. The molecule has 0 amide bonds. The lowest BCUT2D eigenvalue weighted by atomic mass is 9.98. The maximum atomic E-state index is 10.7. The number of hydrogen-bond acceptors (Lipinski definition) is 3. The van der Waals surface area contributed by atoms with E-state index in [4.69, 9.17) is 5.11 Å². The Bertz CT molecular complexity index is 244. The lowest BCUT2D eigenvalue weighted by Crippen LogP contribution is -2.37. The monoisotopic (exact) mass is 213 g/mol. The van der Waals surface area contributed by atoms with Crippen LogP contribution in [-0.2, 0) is 4.79 Å². The molecular weight excluding hydrogens is 194 g/mol. The van der Waals surface area contributed by atoms with E-state index in [9.17, 15) is 9.90 Å². The Morgan fingerprint density at radius 2 is 2.13 bits per heavy atom. The Hall–Kier alpha value is -0.610. The number of aliphatic carboxylic acids is 1. The van der Waals surface area contributed by atoms with Crippen LogP contribution in [0, 0.1) is 5.92 Å². The third-order valence-corrected chi connectivity index (χ3v) is 3.72. The topological polar surface area (TPSA) is 60.8 Å². The highest BCUT2D eigenvalue weighted by molar-refractivity contribution is 5.67. The van der Waals surface area contributed by atoms with Gasteiger partial charge in [0.15, 0.2) is 0 Å². The van der Waals surface area contributed by atoms with Gasteiger partial charge >= 0.3 is 5.97 Å². The molecule has 1 aliphatic heterocycles. The zero-order valence-electron chi connectivity index (χ0n) is 8.93. The first-order valence-electron chi connectivity index (χ1n) is 5.80. The second-order valence-corrected chi connectivity index (χ2v) is 4.79. The third-order valence-electron chi connectivity index (χ3n) is 3.72. The van der Waals surface area contributed by atoms with Gasteiger partial charge in [-0.3, -0.25) is 9.69 Å². The third kappa shape index (κ3) is 2.49. The minimum atomic E-state index is -0.688. The molecule has 0 radical (unpaired) electrons. The van der Waals surface area contributed by atoms with Crippen molar-refractivity contribution in [3.05, 3.63) is 0 Å². The van der Waals surface area contributed by atoms with Crippen LogP contribution in [-0.4, -0.2) is 46.3 Å². The van der Waals surface area contributed by atoms with E-state index >= 15 is 0 Å². The van der Waals surface area contributed by atoms with E-state index in [1.54, 1.807) is 0 Å². The number of aliphatic hydroxyl groups is 1. The number of aliphatic hydroxyl groups excluding tert-OH is 1. The van der Waals surface area contributed by atoms with Gasteiger partial charge in [-0.05, 0) is 25.2 Å². The van der Waals surface area contributed by atoms with Gasteiger partial charge in [-0.1, -0.05) is 6.42 Å². The number of rotatable bonds is 3. The summed E-state index contributed by atoms with van der Waals surface area (Å²) < 4.78 is 0. The maximum absolute atomic E-state index is 10.7. The molecule has 1 saturated heterocycles. The quantitative estimate of drug-likeness (QED) is 0.724. The van der Waals surface area contributed by atoms with Gasteiger partial charge in [0.25, 0.3) is 0 Å². The molecule has 0 aromatic heterocycles. The number of carbonyl (C=O) groups is 1. The predicted molar refractivity (Wildman–Crippen MR) is 55.6 cm³/mol. The highest BCUT2D eigenvalue weighted by atomic mass is 16.4. The van der Waals surface area contributed by atoms with Crippen molar-refractivity contribution in [1.29, 1.82) is 0 Å². The summed E-state index contributed by atoms with van der Waals surface area (Å²) >= 11 is 0. The van der Waals surface area contributed by atoms with Crippen LogP contribution < -0.4 is 0 Å². The van der Waals surface area contributed by atoms with E-state index in [0.717, 1.165) is 38.8 Å². The van der Waals surface area contributed by atoms with Gasteiger partial charge in [0.2, 0.25) is 0 Å². The van der Waals surface area contributed by atoms with E-state index in [-0.39, 0.29) is 12.5 Å². The van der Waals surface area contributed by atoms with E-state index in [1.165, 1.54) is 0 Å². The number of nitrogens with zero attached hydrogens (tertiary/aromatic N) is 1. The summed E-state index contributed by atoms with van der Waals surface area (Å²) in [4.78, 5) is 13.0. The highest BCUT2D eigenvalue weighted by Crippen LogP contribution is 2.34. The molecule has 0 aromatic carbocycles. The van der Waals surface area contributed by atoms with Gasteiger partial charge in [0.1, 0.15) is 0 Å². The van der Waals surface area contributed by atoms with Gasteiger partial charge in [0.05, 0.1) is 6.10 Å². The van der Waals surface area contributed by atoms with Gasteiger partial charge in [-0.15, -0.1) is 0 Å². The molecule has 0 bridgehead atoms. The molecule has 86 valence electrons. The summed E-state index contributed by atoms with van der Waals surface area (Å²) in [7, 11) is 0. The van der Waals surface area contributed by atoms with Crippen molar-refractivity contribution in [3.8, 4) is 0 Å². The minimum Gasteiger partial charge on any atom is -0.481 e. The van der Waals surface area contributed by atoms with Crippen molar-refractivity contribution in [2.24, 2.45) is 5.92 Å². The molecule has 0 aromatic rings. The van der Waals surface area contributed by atoms with Crippen LogP contribution >= 0.6 is 0 Å². The molecule has 2 fully saturated rings. The van der Waals surface area contributed by atoms with Crippen LogP contribution in [0.1, 0.15) is 32.1 Å². The molecule has 2 N–H and O–H groups in total. The van der Waals surface area contributed by atoms with Crippen LogP contribution in [0.15, 0.2) is 0 Å². The summed E-state index contributed by atoms with van der Waals surface area (Å²) in [6.07, 6.45) is 4.20. The molecule has 3 atom stereocenters. The Labute approximate surface area is 89.9 Å². The average molecular weight is 213 g/mol. The first-order chi connectivity index (χ1) is 7.16. The fourth-order valence-corrected chi connectivity index (χ4v) is 3.03. The predicted octanol–water partition coefficient (Wildman–Crippen LogP) is 0.696. The Balaban J connectivity index is 1.92. The number of carboxylic acid groups (broad SMARTS) is 1. The van der Waals surface area contributed by atoms with Gasteiger partial charge in [-0.25, -0.2) is 0 Å². The van der Waals surface area contributed by atoms with Crippen molar-refractivity contribution < 1.29 is 15.0 Å². The van der Waals surface area contributed by atoms with Gasteiger partial charge in [-0.2, -0.15) is 0 Å². The number of likely N-dealkylation sites (tertiary alicyclic amines) is 1.